The van der Waals surface area contributed by atoms with E-state index in [0.29, 0.717) is 17.9 Å². The fourth-order valence-electron chi connectivity index (χ4n) is 4.29. The molecule has 2 aliphatic rings. The fourth-order valence-corrected chi connectivity index (χ4v) is 5.65. The second-order valence-electron chi connectivity index (χ2n) is 8.30. The van der Waals surface area contributed by atoms with Crippen LogP contribution < -0.4 is 0 Å². The molecule has 4 atom stereocenters. The van der Waals surface area contributed by atoms with E-state index in [9.17, 15) is 29.3 Å². The number of hydrogen-bond donors (Lipinski definition) is 0. The highest BCUT2D eigenvalue weighted by atomic mass is 79.9. The van der Waals surface area contributed by atoms with E-state index in [1.165, 1.54) is 36.4 Å². The molecule has 1 saturated heterocycles. The summed E-state index contributed by atoms with van der Waals surface area (Å²) in [6.07, 6.45) is 0.790. The average Bonchev–Trinajstić information content (AvgIpc) is 3.06. The van der Waals surface area contributed by atoms with Gasteiger partial charge in [-0.3, -0.25) is 29.3 Å². The molecule has 0 unspecified atom stereocenters. The lowest BCUT2D eigenvalue weighted by molar-refractivity contribution is -0.384. The van der Waals surface area contributed by atoms with Gasteiger partial charge in [0.1, 0.15) is 6.54 Å². The molecule has 2 aromatic carbocycles. The number of nitro benzene ring substituents is 1. The first kappa shape index (κ1) is 25.5. The van der Waals surface area contributed by atoms with Crippen molar-refractivity contribution in [2.45, 2.75) is 22.5 Å². The highest BCUT2D eigenvalue weighted by molar-refractivity contribution is 9.12. The van der Waals surface area contributed by atoms with Gasteiger partial charge in [0, 0.05) is 37.9 Å². The van der Waals surface area contributed by atoms with Gasteiger partial charge >= 0.3 is 0 Å². The van der Waals surface area contributed by atoms with Crippen LogP contribution in [0.3, 0.4) is 0 Å². The maximum Gasteiger partial charge on any atom is 0.273 e. The molecule has 1 aliphatic heterocycles. The second kappa shape index (κ2) is 10.2. The lowest BCUT2D eigenvalue weighted by atomic mass is 9.81. The number of imide groups is 1. The maximum absolute atomic E-state index is 13.5. The van der Waals surface area contributed by atoms with Crippen molar-refractivity contribution < 1.29 is 24.1 Å². The SMILES string of the molecule is O=C(CN(C(=O)c1ccc([N+](=O)[O-])cc1)N1C(=O)[C@H]2C[C@H](Br)[C@@H](Br)C[C@H]2C1=O)c1ccc(Cl)cc1. The largest absolute Gasteiger partial charge is 0.292 e. The number of nitro groups is 1. The van der Waals surface area contributed by atoms with Crippen molar-refractivity contribution in [3.63, 3.8) is 0 Å². The number of alkyl halides is 2. The summed E-state index contributed by atoms with van der Waals surface area (Å²) < 4.78 is 0. The molecule has 9 nitrogen and oxygen atoms in total. The fraction of sp³-hybridized carbons (Fsp3) is 0.304. The van der Waals surface area contributed by atoms with E-state index in [1.54, 1.807) is 0 Å². The Labute approximate surface area is 221 Å². The highest BCUT2D eigenvalue weighted by Crippen LogP contribution is 2.43. The molecule has 3 amide bonds. The third kappa shape index (κ3) is 5.03. The van der Waals surface area contributed by atoms with Crippen LogP contribution in [0.5, 0.6) is 0 Å². The first-order chi connectivity index (χ1) is 16.6. The number of ketones is 1. The average molecular weight is 628 g/mol. The van der Waals surface area contributed by atoms with Crippen LogP contribution in [-0.2, 0) is 9.59 Å². The topological polar surface area (TPSA) is 118 Å². The van der Waals surface area contributed by atoms with Crippen molar-refractivity contribution in [2.75, 3.05) is 6.54 Å². The molecule has 0 spiro atoms. The molecule has 0 aromatic heterocycles. The molecule has 4 rings (SSSR count). The van der Waals surface area contributed by atoms with E-state index < -0.39 is 46.8 Å². The van der Waals surface area contributed by atoms with Crippen LogP contribution in [0.15, 0.2) is 48.5 Å². The summed E-state index contributed by atoms with van der Waals surface area (Å²) in [5, 5.41) is 13.0. The van der Waals surface area contributed by atoms with E-state index in [0.717, 1.165) is 22.2 Å². The standard InChI is InChI=1S/C23H18Br2ClN3O6/c24-18-9-16-17(10-19(18)25)23(33)28(22(16)32)27(11-20(30)12-1-5-14(26)6-2-12)21(31)13-3-7-15(8-4-13)29(34)35/h1-8,16-19H,9-11H2/t16-,17+,18-,19-/m0/s1. The van der Waals surface area contributed by atoms with E-state index in [1.807, 2.05) is 0 Å². The number of benzene rings is 2. The molecular weight excluding hydrogens is 610 g/mol. The minimum Gasteiger partial charge on any atom is -0.292 e. The molecule has 2 aromatic rings. The third-order valence-electron chi connectivity index (χ3n) is 6.15. The lowest BCUT2D eigenvalue weighted by Gasteiger charge is -2.30. The van der Waals surface area contributed by atoms with Gasteiger partial charge in [0.25, 0.3) is 23.4 Å². The van der Waals surface area contributed by atoms with Gasteiger partial charge in [-0.25, -0.2) is 5.01 Å². The zero-order chi connectivity index (χ0) is 25.4. The van der Waals surface area contributed by atoms with Crippen molar-refractivity contribution in [1.82, 2.24) is 10.0 Å². The van der Waals surface area contributed by atoms with Gasteiger partial charge in [0.2, 0.25) is 0 Å². The molecular formula is C23H18Br2ClN3O6. The maximum atomic E-state index is 13.5. The Bertz CT molecular complexity index is 1180. The molecule has 182 valence electrons. The number of Topliss-reactive ketones (excluding diaryl/α,β-unsaturated/α-hetero) is 1. The number of rotatable bonds is 6. The van der Waals surface area contributed by atoms with Crippen molar-refractivity contribution in [3.05, 3.63) is 74.8 Å². The Kier molecular flexibility index (Phi) is 7.39. The number of halogens is 3. The molecule has 1 saturated carbocycles. The summed E-state index contributed by atoms with van der Waals surface area (Å²) >= 11 is 12.9. The van der Waals surface area contributed by atoms with Crippen LogP contribution in [0.1, 0.15) is 33.6 Å². The summed E-state index contributed by atoms with van der Waals surface area (Å²) in [6, 6.07) is 10.7. The van der Waals surface area contributed by atoms with Crippen molar-refractivity contribution in [2.24, 2.45) is 11.8 Å². The normalized spacial score (nSPS) is 23.7. The summed E-state index contributed by atoms with van der Waals surface area (Å²) in [7, 11) is 0. The van der Waals surface area contributed by atoms with Gasteiger partial charge in [0.15, 0.2) is 5.78 Å². The first-order valence-electron chi connectivity index (χ1n) is 10.6. The minimum atomic E-state index is -0.798. The Balaban J connectivity index is 1.69. The number of fused-ring (bicyclic) bond motifs is 1. The summed E-state index contributed by atoms with van der Waals surface area (Å²) in [5.41, 5.74) is 0.0107. The van der Waals surface area contributed by atoms with Gasteiger partial charge in [0.05, 0.1) is 16.8 Å². The van der Waals surface area contributed by atoms with Gasteiger partial charge in [-0.1, -0.05) is 43.5 Å². The zero-order valence-corrected chi connectivity index (χ0v) is 21.9. The number of carbonyl (C=O) groups excluding carboxylic acids is 4. The predicted octanol–water partition coefficient (Wildman–Crippen LogP) is 4.41. The van der Waals surface area contributed by atoms with E-state index >= 15 is 0 Å². The van der Waals surface area contributed by atoms with E-state index in [2.05, 4.69) is 31.9 Å². The van der Waals surface area contributed by atoms with Crippen LogP contribution in [0.25, 0.3) is 0 Å². The second-order valence-corrected chi connectivity index (χ2v) is 11.1. The molecule has 0 bridgehead atoms. The van der Waals surface area contributed by atoms with Crippen molar-refractivity contribution in [1.29, 1.82) is 0 Å². The Morgan fingerprint density at radius 3 is 1.91 bits per heavy atom. The van der Waals surface area contributed by atoms with Gasteiger partial charge in [-0.15, -0.1) is 0 Å². The Hall–Kier alpha value is -2.63. The minimum absolute atomic E-state index is 0.00767. The molecule has 1 heterocycles. The molecule has 0 N–H and O–H groups in total. The quantitative estimate of drug-likeness (QED) is 0.154. The highest BCUT2D eigenvalue weighted by Gasteiger charge is 2.54. The Morgan fingerprint density at radius 1 is 0.943 bits per heavy atom. The van der Waals surface area contributed by atoms with Gasteiger partial charge in [-0.2, -0.15) is 5.01 Å². The van der Waals surface area contributed by atoms with Crippen LogP contribution in [-0.4, -0.2) is 54.6 Å². The van der Waals surface area contributed by atoms with Crippen LogP contribution in [0.2, 0.25) is 5.02 Å². The summed E-state index contributed by atoms with van der Waals surface area (Å²) in [4.78, 5) is 63.5. The zero-order valence-electron chi connectivity index (χ0n) is 18.0. The van der Waals surface area contributed by atoms with Gasteiger partial charge < -0.3 is 0 Å². The van der Waals surface area contributed by atoms with Crippen LogP contribution >= 0.6 is 43.5 Å². The third-order valence-corrected chi connectivity index (χ3v) is 9.13. The number of carbonyl (C=O) groups is 4. The van der Waals surface area contributed by atoms with Gasteiger partial charge in [-0.05, 0) is 49.2 Å². The first-order valence-corrected chi connectivity index (χ1v) is 12.8. The van der Waals surface area contributed by atoms with E-state index in [4.69, 9.17) is 11.6 Å². The predicted molar refractivity (Wildman–Crippen MR) is 133 cm³/mol. The van der Waals surface area contributed by atoms with Crippen LogP contribution in [0, 0.1) is 22.0 Å². The molecule has 1 aliphatic carbocycles. The summed E-state index contributed by atoms with van der Waals surface area (Å²) in [5.74, 6) is -3.67. The number of hydrazine groups is 1. The number of nitrogens with zero attached hydrogens (tertiary/aromatic N) is 3. The van der Waals surface area contributed by atoms with Crippen molar-refractivity contribution in [3.8, 4) is 0 Å². The smallest absolute Gasteiger partial charge is 0.273 e. The van der Waals surface area contributed by atoms with E-state index in [-0.39, 0.29) is 26.5 Å². The molecule has 12 heteroatoms. The molecule has 2 fully saturated rings. The molecule has 35 heavy (non-hydrogen) atoms. The van der Waals surface area contributed by atoms with Crippen molar-refractivity contribution >= 4 is 72.7 Å². The molecule has 0 radical (unpaired) electrons. The monoisotopic (exact) mass is 625 g/mol. The number of hydrogen-bond acceptors (Lipinski definition) is 6. The van der Waals surface area contributed by atoms with Crippen LogP contribution in [0.4, 0.5) is 5.69 Å². The summed E-state index contributed by atoms with van der Waals surface area (Å²) in [6.45, 7) is -0.580. The number of amides is 3. The lowest BCUT2D eigenvalue weighted by Crippen LogP contribution is -2.52. The number of non-ortho nitro benzene ring substituents is 1. The Morgan fingerprint density at radius 2 is 1.43 bits per heavy atom.